The van der Waals surface area contributed by atoms with E-state index < -0.39 is 12.0 Å². The van der Waals surface area contributed by atoms with Gasteiger partial charge in [0.2, 0.25) is 0 Å². The van der Waals surface area contributed by atoms with Crippen molar-refractivity contribution in [3.63, 3.8) is 0 Å². The molecule has 1 N–H and O–H groups in total. The Hall–Kier alpha value is -1.73. The summed E-state index contributed by atoms with van der Waals surface area (Å²) in [6.07, 6.45) is 5.35. The van der Waals surface area contributed by atoms with Crippen LogP contribution >= 0.6 is 11.3 Å². The first-order valence-electron chi connectivity index (χ1n) is 7.08. The minimum Gasteiger partial charge on any atom is -0.480 e. The molecule has 0 aromatic carbocycles. The van der Waals surface area contributed by atoms with Crippen LogP contribution in [-0.4, -0.2) is 37.9 Å². The molecule has 0 amide bonds. The highest BCUT2D eigenvalue weighted by Gasteiger charge is 2.27. The van der Waals surface area contributed by atoms with Crippen LogP contribution in [-0.2, 0) is 11.3 Å². The molecule has 0 radical (unpaired) electrons. The van der Waals surface area contributed by atoms with Gasteiger partial charge in [0, 0.05) is 24.2 Å². The molecule has 1 aliphatic rings. The van der Waals surface area contributed by atoms with Gasteiger partial charge in [-0.3, -0.25) is 18.9 Å². The van der Waals surface area contributed by atoms with Crippen LogP contribution in [0.4, 0.5) is 0 Å². The van der Waals surface area contributed by atoms with Gasteiger partial charge in [0.25, 0.3) is 5.56 Å². The molecule has 3 heterocycles. The van der Waals surface area contributed by atoms with Crippen LogP contribution in [0.25, 0.3) is 4.96 Å². The molecule has 1 saturated heterocycles. The number of rotatable bonds is 3. The zero-order chi connectivity index (χ0) is 14.8. The van der Waals surface area contributed by atoms with Crippen molar-refractivity contribution in [3.8, 4) is 0 Å². The van der Waals surface area contributed by atoms with E-state index >= 15 is 0 Å². The zero-order valence-corrected chi connectivity index (χ0v) is 12.4. The van der Waals surface area contributed by atoms with E-state index in [1.165, 1.54) is 21.8 Å². The lowest BCUT2D eigenvalue weighted by Crippen LogP contribution is -2.40. The molecule has 0 spiro atoms. The fourth-order valence-electron chi connectivity index (χ4n) is 2.81. The summed E-state index contributed by atoms with van der Waals surface area (Å²) in [6, 6.07) is 1.03. The summed E-state index contributed by atoms with van der Waals surface area (Å²) in [6.45, 7) is 1.16. The van der Waals surface area contributed by atoms with Gasteiger partial charge in [-0.05, 0) is 19.4 Å². The molecule has 0 saturated carbocycles. The van der Waals surface area contributed by atoms with Crippen LogP contribution in [0.3, 0.4) is 0 Å². The van der Waals surface area contributed by atoms with E-state index in [4.69, 9.17) is 0 Å². The first kappa shape index (κ1) is 14.2. The largest absolute Gasteiger partial charge is 0.480 e. The van der Waals surface area contributed by atoms with E-state index in [2.05, 4.69) is 4.98 Å². The molecular formula is C14H17N3O3S. The van der Waals surface area contributed by atoms with Gasteiger partial charge in [0.1, 0.15) is 6.04 Å². The molecule has 21 heavy (non-hydrogen) atoms. The van der Waals surface area contributed by atoms with Crippen molar-refractivity contribution in [1.82, 2.24) is 14.3 Å². The van der Waals surface area contributed by atoms with Gasteiger partial charge >= 0.3 is 5.97 Å². The lowest BCUT2D eigenvalue weighted by Gasteiger charge is -2.26. The molecule has 0 bridgehead atoms. The molecule has 1 fully saturated rings. The Bertz CT molecular complexity index is 709. The van der Waals surface area contributed by atoms with Gasteiger partial charge in [-0.15, -0.1) is 11.3 Å². The fraction of sp³-hybridized carbons (Fsp3) is 0.500. The SMILES string of the molecule is O=C(O)C1CCCCCN1Cc1cc(=O)n2ccsc2n1. The molecule has 2 aromatic heterocycles. The number of carboxylic acids is 1. The summed E-state index contributed by atoms with van der Waals surface area (Å²) in [5.41, 5.74) is 0.536. The number of fused-ring (bicyclic) bond motifs is 1. The van der Waals surface area contributed by atoms with Crippen molar-refractivity contribution in [3.05, 3.63) is 33.7 Å². The summed E-state index contributed by atoms with van der Waals surface area (Å²) >= 11 is 1.41. The highest BCUT2D eigenvalue weighted by molar-refractivity contribution is 7.15. The standard InChI is InChI=1S/C14H17N3O3S/c18-12-8-10(15-14-17(12)6-7-21-14)9-16-5-3-1-2-4-11(16)13(19)20/h6-8,11H,1-5,9H2,(H,19,20). The molecule has 112 valence electrons. The lowest BCUT2D eigenvalue weighted by atomic mass is 10.1. The maximum absolute atomic E-state index is 12.0. The van der Waals surface area contributed by atoms with E-state index in [0.29, 0.717) is 23.6 Å². The van der Waals surface area contributed by atoms with Gasteiger partial charge in [-0.2, -0.15) is 0 Å². The third-order valence-corrected chi connectivity index (χ3v) is 4.63. The summed E-state index contributed by atoms with van der Waals surface area (Å²) < 4.78 is 1.51. The lowest BCUT2D eigenvalue weighted by molar-refractivity contribution is -0.143. The highest BCUT2D eigenvalue weighted by Crippen LogP contribution is 2.19. The number of aromatic nitrogens is 2. The number of nitrogens with zero attached hydrogens (tertiary/aromatic N) is 3. The summed E-state index contributed by atoms with van der Waals surface area (Å²) in [5.74, 6) is -0.786. The van der Waals surface area contributed by atoms with E-state index in [9.17, 15) is 14.7 Å². The van der Waals surface area contributed by atoms with Crippen molar-refractivity contribution < 1.29 is 9.90 Å². The van der Waals surface area contributed by atoms with Crippen molar-refractivity contribution in [2.45, 2.75) is 38.3 Å². The normalized spacial score (nSPS) is 20.5. The third-order valence-electron chi connectivity index (χ3n) is 3.87. The Labute approximate surface area is 125 Å². The topological polar surface area (TPSA) is 74.9 Å². The van der Waals surface area contributed by atoms with Crippen LogP contribution in [0.1, 0.15) is 31.4 Å². The van der Waals surface area contributed by atoms with Crippen molar-refractivity contribution in [2.24, 2.45) is 0 Å². The molecule has 0 aliphatic carbocycles. The van der Waals surface area contributed by atoms with E-state index in [-0.39, 0.29) is 5.56 Å². The second-order valence-electron chi connectivity index (χ2n) is 5.32. The predicted octanol–water partition coefficient (Wildman–Crippen LogP) is 1.59. The Balaban J connectivity index is 1.88. The van der Waals surface area contributed by atoms with Crippen molar-refractivity contribution >= 4 is 22.3 Å². The average Bonchev–Trinajstić information content (AvgIpc) is 2.78. The second-order valence-corrected chi connectivity index (χ2v) is 6.19. The van der Waals surface area contributed by atoms with Gasteiger partial charge < -0.3 is 5.11 Å². The minimum atomic E-state index is -0.786. The highest BCUT2D eigenvalue weighted by atomic mass is 32.1. The monoisotopic (exact) mass is 307 g/mol. The molecule has 3 rings (SSSR count). The number of hydrogen-bond donors (Lipinski definition) is 1. The number of thiazole rings is 1. The molecular weight excluding hydrogens is 290 g/mol. The van der Waals surface area contributed by atoms with Crippen molar-refractivity contribution in [2.75, 3.05) is 6.54 Å². The zero-order valence-electron chi connectivity index (χ0n) is 11.6. The molecule has 1 aliphatic heterocycles. The van der Waals surface area contributed by atoms with Gasteiger partial charge in [0.05, 0.1) is 5.69 Å². The number of carboxylic acid groups (broad SMARTS) is 1. The van der Waals surface area contributed by atoms with Crippen LogP contribution < -0.4 is 5.56 Å². The maximum atomic E-state index is 12.0. The summed E-state index contributed by atoms with van der Waals surface area (Å²) in [4.78, 5) is 30.4. The Kier molecular flexibility index (Phi) is 4.03. The number of likely N-dealkylation sites (tertiary alicyclic amines) is 1. The Morgan fingerprint density at radius 3 is 3.10 bits per heavy atom. The smallest absolute Gasteiger partial charge is 0.320 e. The third kappa shape index (κ3) is 2.98. The van der Waals surface area contributed by atoms with Crippen LogP contribution in [0.5, 0.6) is 0 Å². The van der Waals surface area contributed by atoms with Gasteiger partial charge in [0.15, 0.2) is 4.96 Å². The molecule has 1 atom stereocenters. The predicted molar refractivity (Wildman–Crippen MR) is 79.6 cm³/mol. The Morgan fingerprint density at radius 1 is 1.43 bits per heavy atom. The number of hydrogen-bond acceptors (Lipinski definition) is 5. The van der Waals surface area contributed by atoms with Crippen LogP contribution in [0, 0.1) is 0 Å². The molecule has 2 aromatic rings. The molecule has 7 heteroatoms. The van der Waals surface area contributed by atoms with E-state index in [1.54, 1.807) is 6.20 Å². The number of carbonyl (C=O) groups is 1. The first-order valence-corrected chi connectivity index (χ1v) is 7.96. The maximum Gasteiger partial charge on any atom is 0.320 e. The minimum absolute atomic E-state index is 0.113. The quantitative estimate of drug-likeness (QED) is 0.932. The van der Waals surface area contributed by atoms with E-state index in [0.717, 1.165) is 25.8 Å². The van der Waals surface area contributed by atoms with Crippen LogP contribution in [0.2, 0.25) is 0 Å². The van der Waals surface area contributed by atoms with Gasteiger partial charge in [-0.25, -0.2) is 4.98 Å². The fourth-order valence-corrected chi connectivity index (χ4v) is 3.55. The second kappa shape index (κ2) is 5.95. The summed E-state index contributed by atoms with van der Waals surface area (Å²) in [5, 5.41) is 11.2. The van der Waals surface area contributed by atoms with Crippen LogP contribution in [0.15, 0.2) is 22.4 Å². The molecule has 1 unspecified atom stereocenters. The van der Waals surface area contributed by atoms with Crippen molar-refractivity contribution in [1.29, 1.82) is 0 Å². The van der Waals surface area contributed by atoms with Gasteiger partial charge in [-0.1, -0.05) is 12.8 Å². The first-order chi connectivity index (χ1) is 10.1. The number of aliphatic carboxylic acids is 1. The molecule has 6 nitrogen and oxygen atoms in total. The summed E-state index contributed by atoms with van der Waals surface area (Å²) in [7, 11) is 0. The van der Waals surface area contributed by atoms with E-state index in [1.807, 2.05) is 10.3 Å². The average molecular weight is 307 g/mol. The Morgan fingerprint density at radius 2 is 2.29 bits per heavy atom.